The minimum absolute atomic E-state index is 0. The van der Waals surface area contributed by atoms with Gasteiger partial charge in [0, 0.05) is 40.6 Å². The number of hydrogen-bond acceptors (Lipinski definition) is 6. The first-order valence-electron chi connectivity index (χ1n) is 16.4. The molecular weight excluding hydrogens is 613 g/mol. The first-order chi connectivity index (χ1) is 22.1. The largest absolute Gasteiger partial charge is 0.445 e. The summed E-state index contributed by atoms with van der Waals surface area (Å²) in [6.07, 6.45) is -2.78. The molecule has 4 rings (SSSR count). The summed E-state index contributed by atoms with van der Waals surface area (Å²) in [5, 5.41) is 5.53. The third kappa shape index (κ3) is 9.60. The highest BCUT2D eigenvalue weighted by Crippen LogP contribution is 2.46. The van der Waals surface area contributed by atoms with E-state index >= 15 is 0 Å². The van der Waals surface area contributed by atoms with Crippen LogP contribution in [0.4, 0.5) is 22.8 Å². The fraction of sp³-hybridized carbons (Fsp3) is 0.600. The molecule has 2 aromatic rings. The zero-order chi connectivity index (χ0) is 34.4. The lowest BCUT2D eigenvalue weighted by molar-refractivity contribution is -0.145. The quantitative estimate of drug-likeness (QED) is 0.256. The number of unbranched alkanes of at least 4 members (excludes halogenated alkanes) is 1. The van der Waals surface area contributed by atoms with Gasteiger partial charge < -0.3 is 25.0 Å². The van der Waals surface area contributed by atoms with Crippen LogP contribution in [-0.4, -0.2) is 52.7 Å². The van der Waals surface area contributed by atoms with E-state index in [9.17, 15) is 27.6 Å². The van der Waals surface area contributed by atoms with Crippen molar-refractivity contribution in [2.24, 2.45) is 11.3 Å². The Balaban J connectivity index is 0.00000417. The summed E-state index contributed by atoms with van der Waals surface area (Å²) >= 11 is 0. The van der Waals surface area contributed by atoms with Gasteiger partial charge in [0.2, 0.25) is 5.91 Å². The second kappa shape index (κ2) is 14.9. The number of carbonyl (C=O) groups is 3. The van der Waals surface area contributed by atoms with Crippen LogP contribution in [0.2, 0.25) is 0 Å². The predicted octanol–water partition coefficient (Wildman–Crippen LogP) is 7.45. The van der Waals surface area contributed by atoms with E-state index in [1.807, 2.05) is 44.2 Å². The third-order valence-electron chi connectivity index (χ3n) is 8.97. The van der Waals surface area contributed by atoms with Crippen LogP contribution < -0.4 is 10.6 Å². The van der Waals surface area contributed by atoms with E-state index in [4.69, 9.17) is 9.47 Å². The zero-order valence-corrected chi connectivity index (χ0v) is 28.0. The normalized spacial score (nSPS) is 19.7. The van der Waals surface area contributed by atoms with E-state index in [1.54, 1.807) is 25.7 Å². The van der Waals surface area contributed by atoms with Gasteiger partial charge in [-0.25, -0.2) is 9.59 Å². The molecule has 1 aromatic heterocycles. The Hall–Kier alpha value is -3.83. The van der Waals surface area contributed by atoms with Gasteiger partial charge in [-0.2, -0.15) is 13.2 Å². The summed E-state index contributed by atoms with van der Waals surface area (Å²) in [6, 6.07) is 10.3. The van der Waals surface area contributed by atoms with Crippen molar-refractivity contribution in [3.05, 3.63) is 64.5 Å². The van der Waals surface area contributed by atoms with Crippen molar-refractivity contribution < 1.29 is 39.9 Å². The summed E-state index contributed by atoms with van der Waals surface area (Å²) in [4.78, 5) is 44.6. The van der Waals surface area contributed by atoms with E-state index < -0.39 is 34.9 Å². The van der Waals surface area contributed by atoms with E-state index in [0.717, 1.165) is 11.6 Å². The van der Waals surface area contributed by atoms with Crippen molar-refractivity contribution >= 4 is 18.1 Å². The Morgan fingerprint density at radius 2 is 1.83 bits per heavy atom. The van der Waals surface area contributed by atoms with E-state index in [-0.39, 0.29) is 52.5 Å². The summed E-state index contributed by atoms with van der Waals surface area (Å²) in [5.74, 6) is -0.144. The molecule has 47 heavy (non-hydrogen) atoms. The number of alkyl carbamates (subject to hydrolysis) is 2. The number of aryl methyl sites for hydroxylation is 1. The van der Waals surface area contributed by atoms with Crippen molar-refractivity contribution in [1.29, 1.82) is 0 Å². The average Bonchev–Trinajstić information content (AvgIpc) is 3.43. The lowest BCUT2D eigenvalue weighted by Gasteiger charge is -2.39. The van der Waals surface area contributed by atoms with Crippen LogP contribution in [-0.2, 0) is 46.4 Å². The molecule has 12 heteroatoms. The molecule has 0 bridgehead atoms. The molecule has 1 aliphatic carbocycles. The van der Waals surface area contributed by atoms with Crippen molar-refractivity contribution in [1.82, 2.24) is 20.5 Å². The predicted molar refractivity (Wildman–Crippen MR) is 174 cm³/mol. The smallest absolute Gasteiger partial charge is 0.418 e. The number of alkyl halides is 3. The molecule has 2 heterocycles. The minimum atomic E-state index is -4.60. The second-order valence-corrected chi connectivity index (χ2v) is 13.9. The summed E-state index contributed by atoms with van der Waals surface area (Å²) < 4.78 is 53.1. The number of carbonyl (C=O) groups excluding carboxylic acids is 3. The highest BCUT2D eigenvalue weighted by molar-refractivity contribution is 5.84. The number of ether oxygens (including phenoxy) is 2. The van der Waals surface area contributed by atoms with Crippen LogP contribution in [0.15, 0.2) is 36.4 Å². The Labute approximate surface area is 277 Å². The first kappa shape index (κ1) is 36.0. The van der Waals surface area contributed by atoms with Crippen LogP contribution >= 0.6 is 0 Å². The van der Waals surface area contributed by atoms with Gasteiger partial charge in [-0.05, 0) is 82.4 Å². The number of aromatic nitrogens is 1. The molecular formula is C35H51F3N4O5. The topological polar surface area (TPSA) is 110 Å². The zero-order valence-electron chi connectivity index (χ0n) is 28.0. The standard InChI is InChI=1S/C35H47F3N4O5.2H2/c1-23(2)34(16-14-26(20-34)40-32(45)46-22-24-11-7-6-8-12-24)30(43)42-18-15-28-25(21-42)19-27(35(36,37)38)29(41-28)13-9-10-17-39-31(44)47-33(3,4)5;;/h6-8,11-12,19,23,26H,9-10,13-18,20-22H2,1-5H3,(H,39,44)(H,40,45);2*1H/t26-,34+;;/m1../s1. The molecule has 0 saturated heterocycles. The number of pyridine rings is 1. The van der Waals surface area contributed by atoms with Crippen molar-refractivity contribution in [2.75, 3.05) is 13.1 Å². The van der Waals surface area contributed by atoms with Crippen LogP contribution in [0.3, 0.4) is 0 Å². The van der Waals surface area contributed by atoms with Crippen molar-refractivity contribution in [3.63, 3.8) is 0 Å². The van der Waals surface area contributed by atoms with Gasteiger partial charge >= 0.3 is 18.4 Å². The lowest BCUT2D eigenvalue weighted by Crippen LogP contribution is -2.48. The highest BCUT2D eigenvalue weighted by atomic mass is 19.4. The van der Waals surface area contributed by atoms with E-state index in [2.05, 4.69) is 15.6 Å². The summed E-state index contributed by atoms with van der Waals surface area (Å²) in [7, 11) is 0. The molecule has 2 N–H and O–H groups in total. The van der Waals surface area contributed by atoms with Crippen LogP contribution in [0.1, 0.15) is 97.7 Å². The third-order valence-corrected chi connectivity index (χ3v) is 8.97. The van der Waals surface area contributed by atoms with Crippen molar-refractivity contribution in [2.45, 2.75) is 111 Å². The first-order valence-corrected chi connectivity index (χ1v) is 16.4. The number of benzene rings is 1. The van der Waals surface area contributed by atoms with Crippen LogP contribution in [0.25, 0.3) is 0 Å². The van der Waals surface area contributed by atoms with Gasteiger partial charge in [0.15, 0.2) is 0 Å². The molecule has 1 aromatic carbocycles. The van der Waals surface area contributed by atoms with Crippen molar-refractivity contribution in [3.8, 4) is 0 Å². The van der Waals surface area contributed by atoms with Crippen LogP contribution in [0, 0.1) is 11.3 Å². The molecule has 0 radical (unpaired) electrons. The van der Waals surface area contributed by atoms with Gasteiger partial charge in [0.1, 0.15) is 12.2 Å². The van der Waals surface area contributed by atoms with Crippen LogP contribution in [0.5, 0.6) is 0 Å². The monoisotopic (exact) mass is 664 g/mol. The number of nitrogens with zero attached hydrogens (tertiary/aromatic N) is 2. The number of rotatable bonds is 10. The number of amides is 3. The molecule has 2 aliphatic rings. The van der Waals surface area contributed by atoms with E-state index in [1.165, 1.54) is 0 Å². The molecule has 0 spiro atoms. The molecule has 2 atom stereocenters. The molecule has 0 unspecified atom stereocenters. The van der Waals surface area contributed by atoms with Gasteiger partial charge in [0.25, 0.3) is 0 Å². The maximum Gasteiger partial charge on any atom is 0.418 e. The lowest BCUT2D eigenvalue weighted by atomic mass is 9.74. The molecule has 3 amide bonds. The Morgan fingerprint density at radius 1 is 1.11 bits per heavy atom. The fourth-order valence-electron chi connectivity index (χ4n) is 6.46. The average molecular weight is 665 g/mol. The minimum Gasteiger partial charge on any atom is -0.445 e. The number of nitrogens with one attached hydrogen (secondary N) is 2. The maximum absolute atomic E-state index is 14.2. The van der Waals surface area contributed by atoms with Gasteiger partial charge in [-0.1, -0.05) is 44.2 Å². The number of fused-ring (bicyclic) bond motifs is 1. The second-order valence-electron chi connectivity index (χ2n) is 13.9. The molecule has 1 fully saturated rings. The SMILES string of the molecule is CC(C)[C@]1(C(=O)N2CCc3nc(CCCCNC(=O)OC(C)(C)C)c(C(F)(F)F)cc3C2)CC[C@@H](NC(=O)OCc2ccccc2)C1.[HH].[HH]. The van der Waals surface area contributed by atoms with Gasteiger partial charge in [-0.15, -0.1) is 0 Å². The number of halogens is 3. The highest BCUT2D eigenvalue weighted by Gasteiger charge is 2.50. The summed E-state index contributed by atoms with van der Waals surface area (Å²) in [5.41, 5.74) is -0.335. The Morgan fingerprint density at radius 3 is 2.49 bits per heavy atom. The maximum atomic E-state index is 14.2. The van der Waals surface area contributed by atoms with Gasteiger partial charge in [0.05, 0.1) is 16.7 Å². The Bertz CT molecular complexity index is 1420. The van der Waals surface area contributed by atoms with Gasteiger partial charge in [-0.3, -0.25) is 9.78 Å². The van der Waals surface area contributed by atoms with E-state index in [0.29, 0.717) is 56.3 Å². The molecule has 262 valence electrons. The molecule has 9 nitrogen and oxygen atoms in total. The Kier molecular flexibility index (Phi) is 11.4. The summed E-state index contributed by atoms with van der Waals surface area (Å²) in [6.45, 7) is 10.0. The molecule has 1 saturated carbocycles. The number of hydrogen-bond donors (Lipinski definition) is 2. The molecule has 1 aliphatic heterocycles. The fourth-order valence-corrected chi connectivity index (χ4v) is 6.46.